The fourth-order valence-corrected chi connectivity index (χ4v) is 5.13. The van der Waals surface area contributed by atoms with Crippen molar-refractivity contribution in [1.82, 2.24) is 9.47 Å². The highest BCUT2D eigenvalue weighted by Crippen LogP contribution is 2.36. The molecular formula is C19H21BrN2O3S. The van der Waals surface area contributed by atoms with Crippen molar-refractivity contribution < 1.29 is 9.90 Å². The molecule has 0 spiro atoms. The van der Waals surface area contributed by atoms with Crippen molar-refractivity contribution in [2.75, 3.05) is 13.1 Å². The minimum Gasteiger partial charge on any atom is -0.465 e. The quantitative estimate of drug-likeness (QED) is 0.770. The maximum atomic E-state index is 12.8. The van der Waals surface area contributed by atoms with E-state index in [0.29, 0.717) is 24.3 Å². The molecule has 2 heterocycles. The number of carbonyl (C=O) groups is 1. The molecule has 0 bridgehead atoms. The van der Waals surface area contributed by atoms with E-state index in [4.69, 9.17) is 5.11 Å². The first-order chi connectivity index (χ1) is 12.5. The SMILES string of the molecule is O=C(O)N1CCC(Sc2cn(CC3CC3)c(=O)c3ccc(Br)cc23)CC1. The van der Waals surface area contributed by atoms with Gasteiger partial charge < -0.3 is 14.6 Å². The van der Waals surface area contributed by atoms with Crippen molar-refractivity contribution in [3.05, 3.63) is 39.2 Å². The normalized spacial score (nSPS) is 18.4. The predicted octanol–water partition coefficient (Wildman–Crippen LogP) is 4.41. The van der Waals surface area contributed by atoms with Gasteiger partial charge in [-0.1, -0.05) is 15.9 Å². The van der Waals surface area contributed by atoms with Crippen molar-refractivity contribution in [2.45, 2.75) is 42.4 Å². The summed E-state index contributed by atoms with van der Waals surface area (Å²) in [7, 11) is 0. The van der Waals surface area contributed by atoms with E-state index < -0.39 is 6.09 Å². The summed E-state index contributed by atoms with van der Waals surface area (Å²) in [6, 6.07) is 5.85. The highest BCUT2D eigenvalue weighted by molar-refractivity contribution is 9.10. The van der Waals surface area contributed by atoms with Gasteiger partial charge in [-0.15, -0.1) is 11.8 Å². The van der Waals surface area contributed by atoms with Crippen LogP contribution in [0.1, 0.15) is 25.7 Å². The maximum Gasteiger partial charge on any atom is 0.407 e. The monoisotopic (exact) mass is 436 g/mol. The molecule has 1 N–H and O–H groups in total. The Kier molecular flexibility index (Phi) is 5.01. The van der Waals surface area contributed by atoms with Gasteiger partial charge in [0, 0.05) is 51.2 Å². The molecule has 5 nitrogen and oxygen atoms in total. The number of pyridine rings is 1. The smallest absolute Gasteiger partial charge is 0.407 e. The zero-order chi connectivity index (χ0) is 18.3. The van der Waals surface area contributed by atoms with Crippen molar-refractivity contribution >= 4 is 44.6 Å². The first kappa shape index (κ1) is 17.9. The molecule has 7 heteroatoms. The summed E-state index contributed by atoms with van der Waals surface area (Å²) in [6.07, 6.45) is 5.29. The number of hydrogen-bond acceptors (Lipinski definition) is 3. The number of rotatable bonds is 4. The highest BCUT2D eigenvalue weighted by Gasteiger charge is 2.25. The van der Waals surface area contributed by atoms with Crippen molar-refractivity contribution in [3.63, 3.8) is 0 Å². The summed E-state index contributed by atoms with van der Waals surface area (Å²) in [5.74, 6) is 0.636. The number of thioether (sulfide) groups is 1. The number of carboxylic acid groups (broad SMARTS) is 1. The Labute approximate surface area is 164 Å². The van der Waals surface area contributed by atoms with Gasteiger partial charge in [0.05, 0.1) is 0 Å². The van der Waals surface area contributed by atoms with E-state index in [-0.39, 0.29) is 5.56 Å². The van der Waals surface area contributed by atoms with Crippen LogP contribution >= 0.6 is 27.7 Å². The van der Waals surface area contributed by atoms with Crippen LogP contribution in [0.2, 0.25) is 0 Å². The summed E-state index contributed by atoms with van der Waals surface area (Å²) in [5.41, 5.74) is 0.0875. The van der Waals surface area contributed by atoms with E-state index in [9.17, 15) is 9.59 Å². The van der Waals surface area contributed by atoms with Gasteiger partial charge in [0.1, 0.15) is 0 Å². The third-order valence-corrected chi connectivity index (χ3v) is 7.05. The van der Waals surface area contributed by atoms with E-state index in [1.54, 1.807) is 11.8 Å². The van der Waals surface area contributed by atoms with Crippen molar-refractivity contribution in [2.24, 2.45) is 5.92 Å². The first-order valence-corrected chi connectivity index (χ1v) is 10.7. The molecule has 138 valence electrons. The van der Waals surface area contributed by atoms with Gasteiger partial charge >= 0.3 is 6.09 Å². The van der Waals surface area contributed by atoms with Crippen LogP contribution in [0.3, 0.4) is 0 Å². The van der Waals surface area contributed by atoms with Crippen LogP contribution in [0.25, 0.3) is 10.8 Å². The number of nitrogens with zero attached hydrogens (tertiary/aromatic N) is 2. The molecule has 2 fully saturated rings. The Bertz CT molecular complexity index is 902. The molecule has 1 aromatic carbocycles. The van der Waals surface area contributed by atoms with Crippen LogP contribution in [0.5, 0.6) is 0 Å². The van der Waals surface area contributed by atoms with Gasteiger partial charge in [-0.25, -0.2) is 4.79 Å². The fourth-order valence-electron chi connectivity index (χ4n) is 3.48. The minimum absolute atomic E-state index is 0.0875. The van der Waals surface area contributed by atoms with Gasteiger partial charge in [-0.3, -0.25) is 4.79 Å². The molecule has 0 atom stereocenters. The lowest BCUT2D eigenvalue weighted by Crippen LogP contribution is -2.38. The average Bonchev–Trinajstić information content (AvgIpc) is 3.43. The minimum atomic E-state index is -0.833. The Balaban J connectivity index is 1.64. The summed E-state index contributed by atoms with van der Waals surface area (Å²) in [6.45, 7) is 1.96. The van der Waals surface area contributed by atoms with Crippen molar-refractivity contribution in [1.29, 1.82) is 0 Å². The lowest BCUT2D eigenvalue weighted by molar-refractivity contribution is 0.136. The molecule has 0 unspecified atom stereocenters. The van der Waals surface area contributed by atoms with E-state index in [1.165, 1.54) is 17.7 Å². The standard InChI is InChI=1S/C19H21BrN2O3S/c20-13-3-4-15-16(9-13)17(11-22(18(15)23)10-12-1-2-12)26-14-5-7-21(8-6-14)19(24)25/h3-4,9,11-12,14H,1-2,5-8,10H2,(H,24,25). The lowest BCUT2D eigenvalue weighted by atomic mass is 10.1. The second-order valence-corrected chi connectivity index (χ2v) is 9.43. The molecule has 1 aliphatic heterocycles. The summed E-state index contributed by atoms with van der Waals surface area (Å²) < 4.78 is 2.84. The topological polar surface area (TPSA) is 62.5 Å². The number of piperidine rings is 1. The van der Waals surface area contributed by atoms with Crippen LogP contribution in [-0.4, -0.2) is 39.0 Å². The third kappa shape index (κ3) is 3.78. The Morgan fingerprint density at radius 3 is 2.58 bits per heavy atom. The number of aromatic nitrogens is 1. The Hall–Kier alpha value is -1.47. The Morgan fingerprint density at radius 1 is 1.19 bits per heavy atom. The van der Waals surface area contributed by atoms with E-state index in [2.05, 4.69) is 15.9 Å². The van der Waals surface area contributed by atoms with Crippen LogP contribution in [0.4, 0.5) is 4.79 Å². The number of hydrogen-bond donors (Lipinski definition) is 1. The number of likely N-dealkylation sites (tertiary alicyclic amines) is 1. The molecule has 1 saturated heterocycles. The molecule has 1 saturated carbocycles. The number of amides is 1. The first-order valence-electron chi connectivity index (χ1n) is 8.98. The third-order valence-electron chi connectivity index (χ3n) is 5.17. The molecule has 1 aliphatic carbocycles. The predicted molar refractivity (Wildman–Crippen MR) is 107 cm³/mol. The van der Waals surface area contributed by atoms with Crippen molar-refractivity contribution in [3.8, 4) is 0 Å². The van der Waals surface area contributed by atoms with Gasteiger partial charge in [0.25, 0.3) is 5.56 Å². The second kappa shape index (κ2) is 7.27. The van der Waals surface area contributed by atoms with Gasteiger partial charge in [0.15, 0.2) is 0 Å². The van der Waals surface area contributed by atoms with E-state index >= 15 is 0 Å². The van der Waals surface area contributed by atoms with Crippen LogP contribution < -0.4 is 5.56 Å². The summed E-state index contributed by atoms with van der Waals surface area (Å²) in [5, 5.41) is 11.2. The van der Waals surface area contributed by atoms with E-state index in [1.807, 2.05) is 29.0 Å². The second-order valence-electron chi connectivity index (χ2n) is 7.17. The summed E-state index contributed by atoms with van der Waals surface area (Å²) in [4.78, 5) is 26.5. The molecular weight excluding hydrogens is 416 g/mol. The Morgan fingerprint density at radius 2 is 1.92 bits per heavy atom. The molecule has 2 aromatic rings. The van der Waals surface area contributed by atoms with Crippen LogP contribution in [0, 0.1) is 5.92 Å². The number of halogens is 1. The maximum absolute atomic E-state index is 12.8. The van der Waals surface area contributed by atoms with Crippen LogP contribution in [-0.2, 0) is 6.54 Å². The van der Waals surface area contributed by atoms with Gasteiger partial charge in [-0.2, -0.15) is 0 Å². The molecule has 1 amide bonds. The number of fused-ring (bicyclic) bond motifs is 1. The van der Waals surface area contributed by atoms with Gasteiger partial charge in [0.2, 0.25) is 0 Å². The largest absolute Gasteiger partial charge is 0.465 e. The lowest BCUT2D eigenvalue weighted by Gasteiger charge is -2.29. The average molecular weight is 437 g/mol. The van der Waals surface area contributed by atoms with E-state index in [0.717, 1.165) is 39.5 Å². The molecule has 1 aromatic heterocycles. The van der Waals surface area contributed by atoms with Gasteiger partial charge in [-0.05, 0) is 49.8 Å². The summed E-state index contributed by atoms with van der Waals surface area (Å²) >= 11 is 5.31. The highest BCUT2D eigenvalue weighted by atomic mass is 79.9. The molecule has 4 rings (SSSR count). The zero-order valence-corrected chi connectivity index (χ0v) is 16.8. The molecule has 26 heavy (non-hydrogen) atoms. The van der Waals surface area contributed by atoms with Crippen LogP contribution in [0.15, 0.2) is 38.6 Å². The number of benzene rings is 1. The zero-order valence-electron chi connectivity index (χ0n) is 14.4. The molecule has 0 radical (unpaired) electrons. The fraction of sp³-hybridized carbons (Fsp3) is 0.474. The molecule has 2 aliphatic rings.